The standard InChI is InChI=1S/C16H29N5O6S3/c1-30-5-4-9(16(26)27)19-14(24)11(7-29)21-15(25)10(6-28)20-13(23)8(17)2-3-12(18)22/h8-11,28-29H,2-7,17H2,1H3,(H2,18,22)(H,19,24)(H,20,23)(H,21,25)(H,26,27). The molecule has 0 aliphatic rings. The number of hydrogen-bond acceptors (Lipinski definition) is 9. The number of nitrogens with one attached hydrogen (secondary N) is 3. The molecule has 172 valence electrons. The minimum atomic E-state index is -1.19. The zero-order valence-corrected chi connectivity index (χ0v) is 19.1. The largest absolute Gasteiger partial charge is 0.480 e. The van der Waals surface area contributed by atoms with Crippen LogP contribution in [0.15, 0.2) is 0 Å². The Kier molecular flexibility index (Phi) is 14.4. The van der Waals surface area contributed by atoms with Gasteiger partial charge in [0.05, 0.1) is 6.04 Å². The first-order valence-electron chi connectivity index (χ1n) is 8.95. The van der Waals surface area contributed by atoms with E-state index in [1.807, 2.05) is 6.26 Å². The Morgan fingerprint density at radius 2 is 1.37 bits per heavy atom. The number of nitrogens with two attached hydrogens (primary N) is 2. The molecule has 0 radical (unpaired) electrons. The van der Waals surface area contributed by atoms with Crippen molar-refractivity contribution in [2.45, 2.75) is 43.4 Å². The second kappa shape index (κ2) is 15.2. The summed E-state index contributed by atoms with van der Waals surface area (Å²) in [6.45, 7) is 0. The first kappa shape index (κ1) is 28.4. The van der Waals surface area contributed by atoms with Crippen LogP contribution in [0, 0.1) is 0 Å². The van der Waals surface area contributed by atoms with Gasteiger partial charge in [-0.25, -0.2) is 4.79 Å². The maximum absolute atomic E-state index is 12.4. The van der Waals surface area contributed by atoms with E-state index in [1.54, 1.807) is 0 Å². The molecule has 0 bridgehead atoms. The normalized spacial score (nSPS) is 14.7. The van der Waals surface area contributed by atoms with Gasteiger partial charge in [-0.05, 0) is 24.9 Å². The Morgan fingerprint density at radius 3 is 1.77 bits per heavy atom. The molecule has 14 heteroatoms. The third-order valence-corrected chi connectivity index (χ3v) is 5.27. The van der Waals surface area contributed by atoms with Crippen molar-refractivity contribution >= 4 is 66.6 Å². The second-order valence-electron chi connectivity index (χ2n) is 6.28. The lowest BCUT2D eigenvalue weighted by atomic mass is 10.1. The predicted octanol–water partition coefficient (Wildman–Crippen LogP) is -2.27. The zero-order chi connectivity index (χ0) is 23.3. The van der Waals surface area contributed by atoms with E-state index in [1.165, 1.54) is 11.8 Å². The molecule has 0 fully saturated rings. The molecule has 0 heterocycles. The summed E-state index contributed by atoms with van der Waals surface area (Å²) in [5.74, 6) is -3.57. The number of rotatable bonds is 15. The molecule has 0 aromatic rings. The van der Waals surface area contributed by atoms with E-state index < -0.39 is 53.8 Å². The van der Waals surface area contributed by atoms with Gasteiger partial charge in [0.2, 0.25) is 23.6 Å². The fourth-order valence-electron chi connectivity index (χ4n) is 2.13. The number of amides is 4. The topological polar surface area (TPSA) is 194 Å². The lowest BCUT2D eigenvalue weighted by molar-refractivity contribution is -0.142. The fourth-order valence-corrected chi connectivity index (χ4v) is 3.12. The van der Waals surface area contributed by atoms with Crippen molar-refractivity contribution in [2.24, 2.45) is 11.5 Å². The molecular weight excluding hydrogens is 454 g/mol. The average Bonchev–Trinajstić information content (AvgIpc) is 2.70. The van der Waals surface area contributed by atoms with Gasteiger partial charge in [-0.2, -0.15) is 37.0 Å². The summed E-state index contributed by atoms with van der Waals surface area (Å²) in [5.41, 5.74) is 10.7. The van der Waals surface area contributed by atoms with Crippen molar-refractivity contribution in [3.63, 3.8) is 0 Å². The number of carboxylic acid groups (broad SMARTS) is 1. The molecule has 8 N–H and O–H groups in total. The molecule has 11 nitrogen and oxygen atoms in total. The Morgan fingerprint density at radius 1 is 0.900 bits per heavy atom. The van der Waals surface area contributed by atoms with Crippen LogP contribution in [-0.2, 0) is 24.0 Å². The van der Waals surface area contributed by atoms with Gasteiger partial charge in [0, 0.05) is 17.9 Å². The van der Waals surface area contributed by atoms with Crippen molar-refractivity contribution < 1.29 is 29.1 Å². The summed E-state index contributed by atoms with van der Waals surface area (Å²) in [5, 5.41) is 16.4. The number of thioether (sulfide) groups is 1. The van der Waals surface area contributed by atoms with Crippen molar-refractivity contribution in [3.05, 3.63) is 0 Å². The van der Waals surface area contributed by atoms with Crippen LogP contribution in [0.2, 0.25) is 0 Å². The number of carbonyl (C=O) groups excluding carboxylic acids is 4. The molecule has 0 saturated heterocycles. The summed E-state index contributed by atoms with van der Waals surface area (Å²) in [6.07, 6.45) is 1.95. The molecule has 0 aliphatic heterocycles. The second-order valence-corrected chi connectivity index (χ2v) is 8.00. The summed E-state index contributed by atoms with van der Waals surface area (Å²) in [4.78, 5) is 58.9. The van der Waals surface area contributed by atoms with E-state index in [0.29, 0.717) is 5.75 Å². The van der Waals surface area contributed by atoms with E-state index in [2.05, 4.69) is 41.2 Å². The Hall–Kier alpha value is -1.64. The molecule has 30 heavy (non-hydrogen) atoms. The smallest absolute Gasteiger partial charge is 0.326 e. The summed E-state index contributed by atoms with van der Waals surface area (Å²) in [7, 11) is 0. The number of thiol groups is 2. The lowest BCUT2D eigenvalue weighted by Crippen LogP contribution is -2.58. The Bertz CT molecular complexity index is 624. The van der Waals surface area contributed by atoms with Crippen LogP contribution >= 0.6 is 37.0 Å². The minimum Gasteiger partial charge on any atom is -0.480 e. The van der Waals surface area contributed by atoms with Gasteiger partial charge in [0.15, 0.2) is 0 Å². The van der Waals surface area contributed by atoms with Gasteiger partial charge >= 0.3 is 5.97 Å². The van der Waals surface area contributed by atoms with E-state index in [9.17, 15) is 29.1 Å². The molecule has 4 atom stereocenters. The maximum atomic E-state index is 12.4. The van der Waals surface area contributed by atoms with Crippen LogP contribution in [0.5, 0.6) is 0 Å². The number of carbonyl (C=O) groups is 5. The molecule has 4 unspecified atom stereocenters. The van der Waals surface area contributed by atoms with E-state index in [4.69, 9.17) is 11.5 Å². The maximum Gasteiger partial charge on any atom is 0.326 e. The van der Waals surface area contributed by atoms with Gasteiger partial charge in [-0.1, -0.05) is 0 Å². The highest BCUT2D eigenvalue weighted by Crippen LogP contribution is 2.03. The molecule has 4 amide bonds. The van der Waals surface area contributed by atoms with Crippen molar-refractivity contribution in [3.8, 4) is 0 Å². The molecule has 0 aromatic heterocycles. The van der Waals surface area contributed by atoms with Gasteiger partial charge in [-0.3, -0.25) is 19.2 Å². The van der Waals surface area contributed by atoms with Gasteiger partial charge in [0.1, 0.15) is 18.1 Å². The first-order valence-corrected chi connectivity index (χ1v) is 11.6. The molecule has 0 aromatic carbocycles. The van der Waals surface area contributed by atoms with Crippen LogP contribution in [0.1, 0.15) is 19.3 Å². The molecule has 0 rings (SSSR count). The van der Waals surface area contributed by atoms with Gasteiger partial charge in [0.25, 0.3) is 0 Å². The third kappa shape index (κ3) is 10.9. The highest BCUT2D eigenvalue weighted by Gasteiger charge is 2.29. The predicted molar refractivity (Wildman–Crippen MR) is 121 cm³/mol. The van der Waals surface area contributed by atoms with Gasteiger partial charge in [-0.15, -0.1) is 0 Å². The monoisotopic (exact) mass is 483 g/mol. The average molecular weight is 484 g/mol. The van der Waals surface area contributed by atoms with Crippen LogP contribution in [0.25, 0.3) is 0 Å². The molecular formula is C16H29N5O6S3. The van der Waals surface area contributed by atoms with Crippen molar-refractivity contribution in [2.75, 3.05) is 23.5 Å². The molecule has 0 aliphatic carbocycles. The summed E-state index contributed by atoms with van der Waals surface area (Å²) >= 11 is 9.48. The Balaban J connectivity index is 4.91. The lowest BCUT2D eigenvalue weighted by Gasteiger charge is -2.23. The highest BCUT2D eigenvalue weighted by molar-refractivity contribution is 7.98. The number of primary amides is 1. The molecule has 0 spiro atoms. The van der Waals surface area contributed by atoms with E-state index in [-0.39, 0.29) is 30.8 Å². The number of hydrogen-bond donors (Lipinski definition) is 8. The van der Waals surface area contributed by atoms with E-state index >= 15 is 0 Å². The van der Waals surface area contributed by atoms with Crippen molar-refractivity contribution in [1.29, 1.82) is 0 Å². The van der Waals surface area contributed by atoms with E-state index in [0.717, 1.165) is 0 Å². The van der Waals surface area contributed by atoms with Gasteiger partial charge < -0.3 is 32.5 Å². The summed E-state index contributed by atoms with van der Waals surface area (Å²) < 4.78 is 0. The fraction of sp³-hybridized carbons (Fsp3) is 0.688. The summed E-state index contributed by atoms with van der Waals surface area (Å²) in [6, 6.07) is -4.39. The number of aliphatic carboxylic acids is 1. The quantitative estimate of drug-likeness (QED) is 0.119. The highest BCUT2D eigenvalue weighted by atomic mass is 32.2. The van der Waals surface area contributed by atoms with Crippen LogP contribution in [-0.4, -0.2) is 82.4 Å². The third-order valence-electron chi connectivity index (χ3n) is 3.89. The minimum absolute atomic E-state index is 0.0103. The molecule has 0 saturated carbocycles. The van der Waals surface area contributed by atoms with Crippen LogP contribution < -0.4 is 27.4 Å². The van der Waals surface area contributed by atoms with Crippen molar-refractivity contribution in [1.82, 2.24) is 16.0 Å². The Labute approximate surface area is 190 Å². The SMILES string of the molecule is CSCCC(NC(=O)C(CS)NC(=O)C(CS)NC(=O)C(N)CCC(N)=O)C(=O)O. The van der Waals surface area contributed by atoms with Crippen LogP contribution in [0.3, 0.4) is 0 Å². The zero-order valence-electron chi connectivity index (χ0n) is 16.5. The number of carboxylic acids is 1. The first-order chi connectivity index (χ1) is 14.1. The van der Waals surface area contributed by atoms with Crippen LogP contribution in [0.4, 0.5) is 0 Å².